The Labute approximate surface area is 205 Å². The first-order valence-corrected chi connectivity index (χ1v) is 12.2. The second-order valence-corrected chi connectivity index (χ2v) is 8.98. The third kappa shape index (κ3) is 6.19. The predicted octanol–water partition coefficient (Wildman–Crippen LogP) is 3.36. The fourth-order valence-corrected chi connectivity index (χ4v) is 4.69. The van der Waals surface area contributed by atoms with E-state index in [1.165, 1.54) is 31.8 Å². The lowest BCUT2D eigenvalue weighted by molar-refractivity contribution is -0.121. The predicted molar refractivity (Wildman–Crippen MR) is 136 cm³/mol. The number of methoxy groups -OCH3 is 2. The van der Waals surface area contributed by atoms with Gasteiger partial charge in [-0.05, 0) is 37.4 Å². The molecule has 0 saturated carbocycles. The van der Waals surface area contributed by atoms with Gasteiger partial charge in [0, 0.05) is 38.2 Å². The molecule has 1 aliphatic rings. The Kier molecular flexibility index (Phi) is 8.36. The first-order valence-electron chi connectivity index (χ1n) is 12.2. The van der Waals surface area contributed by atoms with Crippen molar-refractivity contribution in [1.82, 2.24) is 19.8 Å². The molecule has 1 saturated heterocycles. The summed E-state index contributed by atoms with van der Waals surface area (Å²) in [6.07, 6.45) is 5.94. The molecule has 0 radical (unpaired) electrons. The largest absolute Gasteiger partial charge is 0.493 e. The summed E-state index contributed by atoms with van der Waals surface area (Å²) >= 11 is 0. The van der Waals surface area contributed by atoms with Crippen molar-refractivity contribution in [3.05, 3.63) is 64.7 Å². The number of likely N-dealkylation sites (tertiary alicyclic amines) is 1. The van der Waals surface area contributed by atoms with Crippen molar-refractivity contribution in [2.24, 2.45) is 0 Å². The van der Waals surface area contributed by atoms with Crippen LogP contribution in [0.5, 0.6) is 11.5 Å². The number of amides is 1. The summed E-state index contributed by atoms with van der Waals surface area (Å²) in [5.74, 6) is 1.03. The van der Waals surface area contributed by atoms with E-state index in [9.17, 15) is 9.59 Å². The van der Waals surface area contributed by atoms with Crippen LogP contribution in [0.15, 0.2) is 53.6 Å². The van der Waals surface area contributed by atoms with Gasteiger partial charge in [0.1, 0.15) is 0 Å². The molecular weight excluding hydrogens is 444 g/mol. The van der Waals surface area contributed by atoms with Gasteiger partial charge in [-0.3, -0.25) is 19.1 Å². The van der Waals surface area contributed by atoms with Crippen LogP contribution in [0.25, 0.3) is 10.9 Å². The number of ether oxygens (including phenoxy) is 2. The van der Waals surface area contributed by atoms with Crippen molar-refractivity contribution in [2.45, 2.75) is 51.2 Å². The number of rotatable bonds is 10. The number of hydrogen-bond donors (Lipinski definition) is 1. The van der Waals surface area contributed by atoms with Crippen LogP contribution in [0.3, 0.4) is 0 Å². The highest BCUT2D eigenvalue weighted by Gasteiger charge is 2.22. The van der Waals surface area contributed by atoms with Crippen LogP contribution in [-0.4, -0.2) is 53.7 Å². The van der Waals surface area contributed by atoms with E-state index >= 15 is 0 Å². The number of piperidine rings is 1. The van der Waals surface area contributed by atoms with E-state index in [1.807, 2.05) is 6.07 Å². The molecule has 8 heteroatoms. The van der Waals surface area contributed by atoms with Crippen LogP contribution in [0, 0.1) is 0 Å². The van der Waals surface area contributed by atoms with Crippen LogP contribution in [0.4, 0.5) is 0 Å². The third-order valence-electron chi connectivity index (χ3n) is 6.64. The van der Waals surface area contributed by atoms with Crippen molar-refractivity contribution < 1.29 is 14.3 Å². The van der Waals surface area contributed by atoms with Gasteiger partial charge in [-0.1, -0.05) is 36.8 Å². The zero-order chi connectivity index (χ0) is 24.6. The van der Waals surface area contributed by atoms with Gasteiger partial charge in [0.15, 0.2) is 11.5 Å². The van der Waals surface area contributed by atoms with E-state index in [4.69, 9.17) is 9.47 Å². The molecule has 2 aromatic carbocycles. The minimum atomic E-state index is -0.157. The minimum absolute atomic E-state index is 0.0171. The maximum absolute atomic E-state index is 12.9. The zero-order valence-corrected chi connectivity index (χ0v) is 20.5. The monoisotopic (exact) mass is 478 g/mol. The molecule has 0 spiro atoms. The second-order valence-electron chi connectivity index (χ2n) is 8.98. The molecule has 1 amide bonds. The Morgan fingerprint density at radius 3 is 2.66 bits per heavy atom. The van der Waals surface area contributed by atoms with Crippen molar-refractivity contribution in [3.8, 4) is 11.5 Å². The van der Waals surface area contributed by atoms with Gasteiger partial charge in [0.05, 0.1) is 31.4 Å². The Morgan fingerprint density at radius 2 is 1.89 bits per heavy atom. The molecule has 186 valence electrons. The minimum Gasteiger partial charge on any atom is -0.493 e. The Bertz CT molecular complexity index is 1200. The number of nitrogens with zero attached hydrogens (tertiary/aromatic N) is 3. The SMILES string of the molecule is COc1cc2ncn(CCCC(=O)NCC3CCCCN3Cc3ccccc3)c(=O)c2cc1OC. The molecule has 1 N–H and O–H groups in total. The highest BCUT2D eigenvalue weighted by molar-refractivity contribution is 5.81. The summed E-state index contributed by atoms with van der Waals surface area (Å²) in [6, 6.07) is 14.2. The Morgan fingerprint density at radius 1 is 1.11 bits per heavy atom. The lowest BCUT2D eigenvalue weighted by Gasteiger charge is -2.36. The van der Waals surface area contributed by atoms with E-state index in [0.29, 0.717) is 54.4 Å². The molecule has 35 heavy (non-hydrogen) atoms. The van der Waals surface area contributed by atoms with Crippen molar-refractivity contribution in [3.63, 3.8) is 0 Å². The van der Waals surface area contributed by atoms with Crippen LogP contribution in [0.1, 0.15) is 37.7 Å². The lowest BCUT2D eigenvalue weighted by atomic mass is 10.0. The Hall–Kier alpha value is -3.39. The number of hydrogen-bond acceptors (Lipinski definition) is 6. The number of aryl methyl sites for hydroxylation is 1. The smallest absolute Gasteiger partial charge is 0.261 e. The molecule has 8 nitrogen and oxygen atoms in total. The summed E-state index contributed by atoms with van der Waals surface area (Å²) in [5, 5.41) is 3.58. The summed E-state index contributed by atoms with van der Waals surface area (Å²) < 4.78 is 12.1. The van der Waals surface area contributed by atoms with Gasteiger partial charge in [0.2, 0.25) is 5.91 Å². The lowest BCUT2D eigenvalue weighted by Crippen LogP contribution is -2.46. The number of carbonyl (C=O) groups is 1. The topological polar surface area (TPSA) is 85.7 Å². The molecule has 0 bridgehead atoms. The fraction of sp³-hybridized carbons (Fsp3) is 0.444. The van der Waals surface area contributed by atoms with Gasteiger partial charge in [-0.15, -0.1) is 0 Å². The van der Waals surface area contributed by atoms with E-state index in [1.54, 1.807) is 23.8 Å². The van der Waals surface area contributed by atoms with Crippen LogP contribution >= 0.6 is 0 Å². The summed E-state index contributed by atoms with van der Waals surface area (Å²) in [5.41, 5.74) is 1.69. The van der Waals surface area contributed by atoms with Gasteiger partial charge >= 0.3 is 0 Å². The molecule has 1 aliphatic heterocycles. The standard InChI is InChI=1S/C27H34N4O4/c1-34-24-15-22-23(16-25(24)35-2)29-19-31(27(22)33)14-8-12-26(32)28-17-21-11-6-7-13-30(21)18-20-9-4-3-5-10-20/h3-5,9-10,15-16,19,21H,6-8,11-14,17-18H2,1-2H3,(H,28,32). The number of carbonyl (C=O) groups excluding carboxylic acids is 1. The van der Waals surface area contributed by atoms with E-state index < -0.39 is 0 Å². The first kappa shape index (κ1) is 24.7. The molecule has 4 rings (SSSR count). The third-order valence-corrected chi connectivity index (χ3v) is 6.64. The molecule has 3 aromatic rings. The normalized spacial score (nSPS) is 16.2. The molecular formula is C27H34N4O4. The summed E-state index contributed by atoms with van der Waals surface area (Å²) in [6.45, 7) is 3.05. The number of aromatic nitrogens is 2. The number of benzene rings is 2. The van der Waals surface area contributed by atoms with Gasteiger partial charge in [0.25, 0.3) is 5.56 Å². The quantitative estimate of drug-likeness (QED) is 0.481. The number of fused-ring (bicyclic) bond motifs is 1. The molecule has 1 atom stereocenters. The van der Waals surface area contributed by atoms with Gasteiger partial charge in [-0.2, -0.15) is 0 Å². The highest BCUT2D eigenvalue weighted by Crippen LogP contribution is 2.29. The molecule has 0 aliphatic carbocycles. The van der Waals surface area contributed by atoms with E-state index in [-0.39, 0.29) is 11.5 Å². The van der Waals surface area contributed by atoms with Gasteiger partial charge < -0.3 is 14.8 Å². The second kappa shape index (κ2) is 11.8. The zero-order valence-electron chi connectivity index (χ0n) is 20.5. The first-order chi connectivity index (χ1) is 17.1. The van der Waals surface area contributed by atoms with E-state index in [0.717, 1.165) is 19.5 Å². The molecule has 1 aromatic heterocycles. The van der Waals surface area contributed by atoms with Crippen molar-refractivity contribution in [1.29, 1.82) is 0 Å². The summed E-state index contributed by atoms with van der Waals surface area (Å²) in [7, 11) is 3.08. The number of nitrogens with one attached hydrogen (secondary N) is 1. The van der Waals surface area contributed by atoms with Gasteiger partial charge in [-0.25, -0.2) is 4.98 Å². The average Bonchev–Trinajstić information content (AvgIpc) is 2.89. The van der Waals surface area contributed by atoms with Crippen LogP contribution in [-0.2, 0) is 17.9 Å². The maximum Gasteiger partial charge on any atom is 0.261 e. The highest BCUT2D eigenvalue weighted by atomic mass is 16.5. The van der Waals surface area contributed by atoms with Crippen LogP contribution < -0.4 is 20.3 Å². The van der Waals surface area contributed by atoms with E-state index in [2.05, 4.69) is 39.5 Å². The Balaban J connectivity index is 1.29. The van der Waals surface area contributed by atoms with Crippen molar-refractivity contribution >= 4 is 16.8 Å². The average molecular weight is 479 g/mol. The fourth-order valence-electron chi connectivity index (χ4n) is 4.69. The summed E-state index contributed by atoms with van der Waals surface area (Å²) in [4.78, 5) is 32.3. The van der Waals surface area contributed by atoms with Crippen molar-refractivity contribution in [2.75, 3.05) is 27.3 Å². The molecule has 1 fully saturated rings. The maximum atomic E-state index is 12.9. The molecule has 1 unspecified atom stereocenters. The molecule has 2 heterocycles. The van der Waals surface area contributed by atoms with Crippen LogP contribution in [0.2, 0.25) is 0 Å².